The lowest BCUT2D eigenvalue weighted by Gasteiger charge is -2.25. The molecule has 1 aliphatic carbocycles. The van der Waals surface area contributed by atoms with Crippen LogP contribution in [0.15, 0.2) is 47.5 Å². The van der Waals surface area contributed by atoms with Crippen molar-refractivity contribution in [3.05, 3.63) is 70.0 Å². The van der Waals surface area contributed by atoms with Crippen molar-refractivity contribution in [1.29, 1.82) is 0 Å². The topological polar surface area (TPSA) is 79.3 Å². The lowest BCUT2D eigenvalue weighted by Crippen LogP contribution is -2.32. The molecule has 0 saturated carbocycles. The molecule has 1 aliphatic rings. The highest BCUT2D eigenvalue weighted by atomic mass is 16.2. The van der Waals surface area contributed by atoms with E-state index in [2.05, 4.69) is 15.3 Å². The van der Waals surface area contributed by atoms with Gasteiger partial charge in [0.25, 0.3) is 5.91 Å². The maximum atomic E-state index is 12.5. The monoisotopic (exact) mass is 308 g/mol. The number of nitrogens with zero attached hydrogens (tertiary/aromatic N) is 2. The Morgan fingerprint density at radius 3 is 3.09 bits per heavy atom. The van der Waals surface area contributed by atoms with E-state index in [0.717, 1.165) is 36.2 Å². The highest BCUT2D eigenvalue weighted by Gasteiger charge is 2.23. The predicted octanol–water partition coefficient (Wildman–Crippen LogP) is 1.83. The number of aromatic nitrogens is 3. The Morgan fingerprint density at radius 1 is 1.30 bits per heavy atom. The van der Waals surface area contributed by atoms with Crippen LogP contribution in [0.1, 0.15) is 40.6 Å². The van der Waals surface area contributed by atoms with Crippen molar-refractivity contribution < 1.29 is 4.79 Å². The van der Waals surface area contributed by atoms with Crippen LogP contribution in [0.4, 0.5) is 0 Å². The fraction of sp³-hybridized carbons (Fsp3) is 0.235. The first-order chi connectivity index (χ1) is 11.2. The molecule has 0 spiro atoms. The van der Waals surface area contributed by atoms with E-state index < -0.39 is 0 Å². The van der Waals surface area contributed by atoms with E-state index in [0.29, 0.717) is 5.69 Å². The highest BCUT2D eigenvalue weighted by molar-refractivity contribution is 5.93. The summed E-state index contributed by atoms with van der Waals surface area (Å²) in [4.78, 5) is 31.1. The molecule has 3 heterocycles. The van der Waals surface area contributed by atoms with Crippen LogP contribution in [0.5, 0.6) is 0 Å². The minimum absolute atomic E-state index is 0.0899. The lowest BCUT2D eigenvalue weighted by molar-refractivity contribution is 0.0928. The first-order valence-electron chi connectivity index (χ1n) is 7.67. The molecule has 0 bridgehead atoms. The summed E-state index contributed by atoms with van der Waals surface area (Å²) in [5.41, 5.74) is 2.95. The van der Waals surface area contributed by atoms with E-state index in [9.17, 15) is 9.59 Å². The fourth-order valence-electron chi connectivity index (χ4n) is 3.13. The summed E-state index contributed by atoms with van der Waals surface area (Å²) >= 11 is 0. The van der Waals surface area contributed by atoms with Gasteiger partial charge in [0.15, 0.2) is 0 Å². The van der Waals surface area contributed by atoms with Crippen molar-refractivity contribution in [2.45, 2.75) is 25.3 Å². The van der Waals surface area contributed by atoms with Crippen molar-refractivity contribution in [3.8, 4) is 0 Å². The van der Waals surface area contributed by atoms with Crippen LogP contribution in [-0.4, -0.2) is 20.3 Å². The van der Waals surface area contributed by atoms with Crippen LogP contribution in [0.25, 0.3) is 5.65 Å². The van der Waals surface area contributed by atoms with E-state index in [4.69, 9.17) is 0 Å². The number of carbonyl (C=O) groups is 1. The van der Waals surface area contributed by atoms with Gasteiger partial charge in [-0.25, -0.2) is 4.98 Å². The average Bonchev–Trinajstić information content (AvgIpc) is 2.99. The third kappa shape index (κ3) is 2.52. The predicted molar refractivity (Wildman–Crippen MR) is 85.4 cm³/mol. The van der Waals surface area contributed by atoms with E-state index in [1.54, 1.807) is 6.20 Å². The Bertz CT molecular complexity index is 908. The summed E-state index contributed by atoms with van der Waals surface area (Å²) < 4.78 is 1.82. The Labute approximate surface area is 132 Å². The second-order valence-corrected chi connectivity index (χ2v) is 5.77. The molecule has 0 fully saturated rings. The van der Waals surface area contributed by atoms with Crippen molar-refractivity contribution >= 4 is 11.6 Å². The number of pyridine rings is 2. The number of amides is 1. The number of aromatic amines is 1. The summed E-state index contributed by atoms with van der Waals surface area (Å²) in [5.74, 6) is -0.197. The summed E-state index contributed by atoms with van der Waals surface area (Å²) in [6.45, 7) is 0. The van der Waals surface area contributed by atoms with Crippen LogP contribution in [0, 0.1) is 0 Å². The normalized spacial score (nSPS) is 17.0. The third-order valence-electron chi connectivity index (χ3n) is 4.23. The molecule has 6 heteroatoms. The maximum Gasteiger partial charge on any atom is 0.271 e. The molecule has 23 heavy (non-hydrogen) atoms. The molecular weight excluding hydrogens is 292 g/mol. The summed E-state index contributed by atoms with van der Waals surface area (Å²) in [5, 5.41) is 3.03. The smallest absolute Gasteiger partial charge is 0.271 e. The fourth-order valence-corrected chi connectivity index (χ4v) is 3.13. The van der Waals surface area contributed by atoms with Gasteiger partial charge >= 0.3 is 0 Å². The Hall–Kier alpha value is -2.89. The van der Waals surface area contributed by atoms with Crippen molar-refractivity contribution in [2.75, 3.05) is 0 Å². The molecular formula is C17H16N4O2. The largest absolute Gasteiger partial charge is 0.344 e. The molecule has 4 rings (SSSR count). The molecule has 0 saturated heterocycles. The van der Waals surface area contributed by atoms with Gasteiger partial charge in [-0.15, -0.1) is 0 Å². The minimum Gasteiger partial charge on any atom is -0.344 e. The Balaban J connectivity index is 1.61. The van der Waals surface area contributed by atoms with E-state index >= 15 is 0 Å². The first kappa shape index (κ1) is 13.8. The van der Waals surface area contributed by atoms with Gasteiger partial charge in [0.1, 0.15) is 11.3 Å². The minimum atomic E-state index is -0.197. The van der Waals surface area contributed by atoms with E-state index in [1.165, 1.54) is 6.07 Å². The van der Waals surface area contributed by atoms with Gasteiger partial charge in [-0.05, 0) is 43.0 Å². The molecule has 0 radical (unpaired) electrons. The molecule has 1 amide bonds. The number of rotatable bonds is 2. The van der Waals surface area contributed by atoms with Crippen LogP contribution in [-0.2, 0) is 6.42 Å². The van der Waals surface area contributed by atoms with Gasteiger partial charge in [-0.1, -0.05) is 6.07 Å². The molecule has 1 atom stereocenters. The molecule has 0 aromatic carbocycles. The van der Waals surface area contributed by atoms with Crippen LogP contribution >= 0.6 is 0 Å². The number of fused-ring (bicyclic) bond motifs is 2. The number of H-pyrrole nitrogens is 1. The zero-order valence-electron chi connectivity index (χ0n) is 12.5. The average molecular weight is 308 g/mol. The standard InChI is InChI=1S/C17H16N4O2/c22-16-8-7-11-12(19-16)4-3-5-13(11)20-17(23)14-10-21-9-2-1-6-15(21)18-14/h1-2,6-10,13H,3-5H2,(H,19,22)(H,20,23). The van der Waals surface area contributed by atoms with Gasteiger partial charge < -0.3 is 14.7 Å². The Morgan fingerprint density at radius 2 is 2.22 bits per heavy atom. The number of carbonyl (C=O) groups excluding carboxylic acids is 1. The van der Waals surface area contributed by atoms with Gasteiger partial charge in [0.2, 0.25) is 5.56 Å². The van der Waals surface area contributed by atoms with E-state index in [-0.39, 0.29) is 17.5 Å². The number of hydrogen-bond donors (Lipinski definition) is 2. The van der Waals surface area contributed by atoms with Crippen LogP contribution in [0.2, 0.25) is 0 Å². The molecule has 1 unspecified atom stereocenters. The SMILES string of the molecule is O=C(NC1CCCc2[nH]c(=O)ccc21)c1cn2ccccc2n1. The molecule has 116 valence electrons. The second kappa shape index (κ2) is 5.39. The number of aryl methyl sites for hydroxylation is 1. The summed E-state index contributed by atoms with van der Waals surface area (Å²) in [7, 11) is 0. The zero-order chi connectivity index (χ0) is 15.8. The first-order valence-corrected chi connectivity index (χ1v) is 7.67. The number of hydrogen-bond acceptors (Lipinski definition) is 3. The molecule has 0 aliphatic heterocycles. The quantitative estimate of drug-likeness (QED) is 0.758. The van der Waals surface area contributed by atoms with Gasteiger partial charge in [0, 0.05) is 24.2 Å². The van der Waals surface area contributed by atoms with Gasteiger partial charge in [-0.2, -0.15) is 0 Å². The van der Waals surface area contributed by atoms with Crippen molar-refractivity contribution in [1.82, 2.24) is 19.7 Å². The highest BCUT2D eigenvalue weighted by Crippen LogP contribution is 2.27. The summed E-state index contributed by atoms with van der Waals surface area (Å²) in [6.07, 6.45) is 6.22. The van der Waals surface area contributed by atoms with Gasteiger partial charge in [0.05, 0.1) is 6.04 Å². The van der Waals surface area contributed by atoms with E-state index in [1.807, 2.05) is 34.9 Å². The lowest BCUT2D eigenvalue weighted by atomic mass is 9.91. The Kier molecular flexibility index (Phi) is 3.22. The van der Waals surface area contributed by atoms with Crippen LogP contribution in [0.3, 0.4) is 0 Å². The van der Waals surface area contributed by atoms with Crippen molar-refractivity contribution in [2.24, 2.45) is 0 Å². The second-order valence-electron chi connectivity index (χ2n) is 5.77. The third-order valence-corrected chi connectivity index (χ3v) is 4.23. The zero-order valence-corrected chi connectivity index (χ0v) is 12.5. The molecule has 2 N–H and O–H groups in total. The molecule has 3 aromatic rings. The number of imidazole rings is 1. The van der Waals surface area contributed by atoms with Crippen LogP contribution < -0.4 is 10.9 Å². The number of nitrogens with one attached hydrogen (secondary N) is 2. The van der Waals surface area contributed by atoms with Gasteiger partial charge in [-0.3, -0.25) is 9.59 Å². The van der Waals surface area contributed by atoms with Crippen molar-refractivity contribution in [3.63, 3.8) is 0 Å². The molecule has 6 nitrogen and oxygen atoms in total. The maximum absolute atomic E-state index is 12.5. The summed E-state index contributed by atoms with van der Waals surface area (Å²) in [6, 6.07) is 8.86. The molecule has 3 aromatic heterocycles.